The van der Waals surface area contributed by atoms with Crippen molar-refractivity contribution in [1.82, 2.24) is 14.8 Å². The van der Waals surface area contributed by atoms with Crippen LogP contribution in [-0.2, 0) is 16.1 Å². The zero-order valence-electron chi connectivity index (χ0n) is 15.0. The lowest BCUT2D eigenvalue weighted by molar-refractivity contribution is -0.133. The molecule has 0 aliphatic carbocycles. The highest BCUT2D eigenvalue weighted by Gasteiger charge is 2.27. The van der Waals surface area contributed by atoms with Gasteiger partial charge in [0.15, 0.2) is 6.04 Å². The Morgan fingerprint density at radius 3 is 2.61 bits per heavy atom. The smallest absolute Gasteiger partial charge is 0.287 e. The minimum atomic E-state index is -0.676. The monoisotopic (exact) mass is 415 g/mol. The molecule has 28 heavy (non-hydrogen) atoms. The van der Waals surface area contributed by atoms with E-state index in [0.29, 0.717) is 18.1 Å². The van der Waals surface area contributed by atoms with Crippen LogP contribution in [0.15, 0.2) is 52.0 Å². The average molecular weight is 416 g/mol. The second-order valence-corrected chi connectivity index (χ2v) is 7.97. The third kappa shape index (κ3) is 4.35. The Bertz CT molecular complexity index is 916. The Kier molecular flexibility index (Phi) is 5.61. The Balaban J connectivity index is 1.31. The molecule has 9 heteroatoms. The molecule has 2 aliphatic rings. The molecule has 0 N–H and O–H groups in total. The molecule has 2 aliphatic heterocycles. The Morgan fingerprint density at radius 1 is 1.18 bits per heavy atom. The standard InChI is InChI=1S/C19H18ClN5O2S/c20-14-3-1-13(2-4-14)16-12-28-18(21-16)11-24-7-9-25(10-8-24)19(27)15-5-6-17(26)23-22-15/h1-6,12,15H,7-11H2. The molecule has 144 valence electrons. The highest BCUT2D eigenvalue weighted by Crippen LogP contribution is 2.24. The van der Waals surface area contributed by atoms with Crippen molar-refractivity contribution in [1.29, 1.82) is 0 Å². The van der Waals surface area contributed by atoms with Crippen LogP contribution in [0.4, 0.5) is 0 Å². The van der Waals surface area contributed by atoms with Crippen LogP contribution in [0.25, 0.3) is 11.3 Å². The number of carbonyl (C=O) groups excluding carboxylic acids is 2. The number of benzene rings is 1. The minimum Gasteiger partial charge on any atom is -0.338 e. The highest BCUT2D eigenvalue weighted by molar-refractivity contribution is 7.09. The molecular weight excluding hydrogens is 398 g/mol. The van der Waals surface area contributed by atoms with Crippen LogP contribution < -0.4 is 0 Å². The Labute approximate surface area is 171 Å². The summed E-state index contributed by atoms with van der Waals surface area (Å²) in [6.07, 6.45) is 2.81. The second-order valence-electron chi connectivity index (χ2n) is 6.59. The van der Waals surface area contributed by atoms with Gasteiger partial charge in [0.1, 0.15) is 5.01 Å². The van der Waals surface area contributed by atoms with E-state index in [9.17, 15) is 9.59 Å². The van der Waals surface area contributed by atoms with Crippen LogP contribution in [0.1, 0.15) is 5.01 Å². The number of amides is 2. The van der Waals surface area contributed by atoms with E-state index in [2.05, 4.69) is 20.5 Å². The van der Waals surface area contributed by atoms with Crippen molar-refractivity contribution in [3.8, 4) is 11.3 Å². The summed E-state index contributed by atoms with van der Waals surface area (Å²) in [6, 6.07) is 6.99. The van der Waals surface area contributed by atoms with Crippen LogP contribution in [0.2, 0.25) is 5.02 Å². The molecule has 1 aromatic carbocycles. The first-order chi connectivity index (χ1) is 13.6. The molecular formula is C19H18ClN5O2S. The van der Waals surface area contributed by atoms with E-state index < -0.39 is 11.9 Å². The molecule has 1 atom stereocenters. The van der Waals surface area contributed by atoms with Crippen molar-refractivity contribution in [3.05, 3.63) is 51.8 Å². The third-order valence-corrected chi connectivity index (χ3v) is 5.77. The SMILES string of the molecule is O=C1C=CC(C(=O)N2CCN(Cc3nc(-c4ccc(Cl)cc4)cs3)CC2)N=N1. The first-order valence-corrected chi connectivity index (χ1v) is 10.2. The summed E-state index contributed by atoms with van der Waals surface area (Å²) in [7, 11) is 0. The molecule has 1 unspecified atom stereocenters. The summed E-state index contributed by atoms with van der Waals surface area (Å²) < 4.78 is 0. The van der Waals surface area contributed by atoms with Crippen LogP contribution >= 0.6 is 22.9 Å². The van der Waals surface area contributed by atoms with E-state index in [1.165, 1.54) is 12.2 Å². The van der Waals surface area contributed by atoms with Crippen LogP contribution in [0, 0.1) is 0 Å². The van der Waals surface area contributed by atoms with Crippen molar-refractivity contribution in [2.45, 2.75) is 12.6 Å². The fraction of sp³-hybridized carbons (Fsp3) is 0.316. The molecule has 0 spiro atoms. The average Bonchev–Trinajstić information content (AvgIpc) is 3.18. The number of rotatable bonds is 4. The minimum absolute atomic E-state index is 0.105. The maximum Gasteiger partial charge on any atom is 0.287 e. The fourth-order valence-electron chi connectivity index (χ4n) is 3.14. The number of halogens is 1. The molecule has 0 radical (unpaired) electrons. The van der Waals surface area contributed by atoms with E-state index >= 15 is 0 Å². The predicted molar refractivity (Wildman–Crippen MR) is 107 cm³/mol. The van der Waals surface area contributed by atoms with Gasteiger partial charge in [-0.05, 0) is 18.2 Å². The summed E-state index contributed by atoms with van der Waals surface area (Å²) in [5, 5.41) is 11.0. The lowest BCUT2D eigenvalue weighted by Gasteiger charge is -2.35. The van der Waals surface area contributed by atoms with Gasteiger partial charge in [-0.2, -0.15) is 5.11 Å². The molecule has 2 amide bonds. The molecule has 1 fully saturated rings. The molecule has 1 saturated heterocycles. The summed E-state index contributed by atoms with van der Waals surface area (Å²) in [5.41, 5.74) is 2.00. The number of nitrogens with zero attached hydrogens (tertiary/aromatic N) is 5. The zero-order chi connectivity index (χ0) is 19.5. The first kappa shape index (κ1) is 18.9. The summed E-state index contributed by atoms with van der Waals surface area (Å²) in [4.78, 5) is 32.3. The van der Waals surface area contributed by atoms with Crippen LogP contribution in [-0.4, -0.2) is 58.8 Å². The maximum atomic E-state index is 12.5. The van der Waals surface area contributed by atoms with Gasteiger partial charge in [0.2, 0.25) is 0 Å². The van der Waals surface area contributed by atoms with Crippen molar-refractivity contribution < 1.29 is 9.59 Å². The fourth-order valence-corrected chi connectivity index (χ4v) is 4.11. The van der Waals surface area contributed by atoms with Crippen molar-refractivity contribution in [2.75, 3.05) is 26.2 Å². The van der Waals surface area contributed by atoms with E-state index in [0.717, 1.165) is 35.9 Å². The summed E-state index contributed by atoms with van der Waals surface area (Å²) in [6.45, 7) is 3.56. The van der Waals surface area contributed by atoms with Gasteiger partial charge in [-0.1, -0.05) is 23.7 Å². The zero-order valence-corrected chi connectivity index (χ0v) is 16.6. The predicted octanol–water partition coefficient (Wildman–Crippen LogP) is 3.02. The lowest BCUT2D eigenvalue weighted by atomic mass is 10.2. The highest BCUT2D eigenvalue weighted by atomic mass is 35.5. The van der Waals surface area contributed by atoms with Crippen molar-refractivity contribution >= 4 is 34.8 Å². The van der Waals surface area contributed by atoms with E-state index in [1.54, 1.807) is 16.2 Å². The molecule has 0 saturated carbocycles. The molecule has 0 bridgehead atoms. The summed E-state index contributed by atoms with van der Waals surface area (Å²) >= 11 is 7.58. The van der Waals surface area contributed by atoms with E-state index in [4.69, 9.17) is 16.6 Å². The number of thiazole rings is 1. The number of aromatic nitrogens is 1. The second kappa shape index (κ2) is 8.30. The van der Waals surface area contributed by atoms with Gasteiger partial charge in [0.25, 0.3) is 11.8 Å². The van der Waals surface area contributed by atoms with Gasteiger partial charge < -0.3 is 4.90 Å². The lowest BCUT2D eigenvalue weighted by Crippen LogP contribution is -2.50. The molecule has 7 nitrogen and oxygen atoms in total. The van der Waals surface area contributed by atoms with Crippen molar-refractivity contribution in [2.24, 2.45) is 10.2 Å². The third-order valence-electron chi connectivity index (χ3n) is 4.69. The molecule has 4 rings (SSSR count). The topological polar surface area (TPSA) is 78.2 Å². The van der Waals surface area contributed by atoms with Gasteiger partial charge >= 0.3 is 0 Å². The number of piperazine rings is 1. The molecule has 2 aromatic rings. The normalized spacial score (nSPS) is 20.0. The number of azo groups is 1. The van der Waals surface area contributed by atoms with Gasteiger partial charge in [0, 0.05) is 48.2 Å². The van der Waals surface area contributed by atoms with E-state index in [1.807, 2.05) is 24.3 Å². The molecule has 1 aromatic heterocycles. The van der Waals surface area contributed by atoms with Gasteiger partial charge in [-0.25, -0.2) is 4.98 Å². The molecule has 3 heterocycles. The first-order valence-electron chi connectivity index (χ1n) is 8.93. The van der Waals surface area contributed by atoms with Gasteiger partial charge in [-0.3, -0.25) is 14.5 Å². The largest absolute Gasteiger partial charge is 0.338 e. The Morgan fingerprint density at radius 2 is 1.93 bits per heavy atom. The van der Waals surface area contributed by atoms with Crippen LogP contribution in [0.5, 0.6) is 0 Å². The van der Waals surface area contributed by atoms with E-state index in [-0.39, 0.29) is 5.91 Å². The van der Waals surface area contributed by atoms with Gasteiger partial charge in [0.05, 0.1) is 12.2 Å². The quantitative estimate of drug-likeness (QED) is 0.768. The number of hydrogen-bond donors (Lipinski definition) is 0. The van der Waals surface area contributed by atoms with Gasteiger partial charge in [-0.15, -0.1) is 16.5 Å². The summed E-state index contributed by atoms with van der Waals surface area (Å²) in [5.74, 6) is -0.526. The maximum absolute atomic E-state index is 12.5. The number of carbonyl (C=O) groups is 2. The van der Waals surface area contributed by atoms with Crippen LogP contribution in [0.3, 0.4) is 0 Å². The Hall–Kier alpha value is -2.42. The van der Waals surface area contributed by atoms with Crippen molar-refractivity contribution in [3.63, 3.8) is 0 Å². The number of hydrogen-bond acceptors (Lipinski definition) is 6.